The summed E-state index contributed by atoms with van der Waals surface area (Å²) in [7, 11) is 0. The van der Waals surface area contributed by atoms with Crippen molar-refractivity contribution in [2.24, 2.45) is 0 Å². The van der Waals surface area contributed by atoms with Crippen molar-refractivity contribution in [1.82, 2.24) is 16.0 Å². The maximum absolute atomic E-state index is 12.2. The van der Waals surface area contributed by atoms with Gasteiger partial charge < -0.3 is 21.1 Å². The highest BCUT2D eigenvalue weighted by atomic mass is 79.9. The van der Waals surface area contributed by atoms with Crippen LogP contribution in [0.1, 0.15) is 25.5 Å². The van der Waals surface area contributed by atoms with Gasteiger partial charge in [-0.05, 0) is 32.0 Å². The van der Waals surface area contributed by atoms with Crippen molar-refractivity contribution in [2.75, 3.05) is 6.54 Å². The van der Waals surface area contributed by atoms with Crippen molar-refractivity contribution in [3.8, 4) is 5.75 Å². The van der Waals surface area contributed by atoms with Crippen molar-refractivity contribution in [3.05, 3.63) is 39.5 Å². The van der Waals surface area contributed by atoms with E-state index in [0.29, 0.717) is 23.4 Å². The van der Waals surface area contributed by atoms with Crippen LogP contribution in [-0.2, 0) is 4.79 Å². The summed E-state index contributed by atoms with van der Waals surface area (Å²) in [5.74, 6) is -0.271. The normalized spacial score (nSPS) is 18.0. The van der Waals surface area contributed by atoms with Crippen LogP contribution in [0.5, 0.6) is 5.75 Å². The molecule has 6 nitrogen and oxygen atoms in total. The van der Waals surface area contributed by atoms with Crippen molar-refractivity contribution in [3.63, 3.8) is 0 Å². The van der Waals surface area contributed by atoms with E-state index in [1.807, 2.05) is 6.92 Å². The van der Waals surface area contributed by atoms with E-state index in [-0.39, 0.29) is 11.7 Å². The predicted octanol–water partition coefficient (Wildman–Crippen LogP) is 1.92. The average Bonchev–Trinajstić information content (AvgIpc) is 2.40. The molecule has 1 aliphatic rings. The van der Waals surface area contributed by atoms with Gasteiger partial charge in [0, 0.05) is 22.3 Å². The lowest BCUT2D eigenvalue weighted by molar-refractivity contribution is -0.117. The second kappa shape index (κ2) is 6.17. The summed E-state index contributed by atoms with van der Waals surface area (Å²) in [5.41, 5.74) is 1.30. The molecule has 0 bridgehead atoms. The Morgan fingerprint density at radius 2 is 2.19 bits per heavy atom. The highest BCUT2D eigenvalue weighted by Crippen LogP contribution is 2.34. The molecule has 3 amide bonds. The Labute approximate surface area is 130 Å². The third kappa shape index (κ3) is 3.18. The number of carbonyl (C=O) groups is 2. The first-order valence-electron chi connectivity index (χ1n) is 6.49. The third-order valence-electron chi connectivity index (χ3n) is 3.15. The molecule has 1 unspecified atom stereocenters. The minimum atomic E-state index is -0.706. The van der Waals surface area contributed by atoms with Gasteiger partial charge >= 0.3 is 6.03 Å². The Hall–Kier alpha value is -2.02. The number of amides is 3. The molecule has 1 heterocycles. The number of halogens is 1. The number of hydrogen-bond donors (Lipinski definition) is 4. The van der Waals surface area contributed by atoms with E-state index in [9.17, 15) is 14.7 Å². The molecule has 0 fully saturated rings. The Bertz CT molecular complexity index is 628. The number of likely N-dealkylation sites (N-methyl/N-ethyl adjacent to an activating group) is 1. The van der Waals surface area contributed by atoms with Crippen LogP contribution in [0.25, 0.3) is 0 Å². The third-order valence-corrected chi connectivity index (χ3v) is 3.64. The molecule has 1 atom stereocenters. The number of aromatic hydroxyl groups is 1. The van der Waals surface area contributed by atoms with Crippen LogP contribution < -0.4 is 16.0 Å². The Balaban J connectivity index is 2.52. The maximum atomic E-state index is 12.2. The average molecular weight is 354 g/mol. The minimum absolute atomic E-state index is 0.0139. The molecule has 2 rings (SSSR count). The number of allylic oxidation sites excluding steroid dienone is 1. The van der Waals surface area contributed by atoms with E-state index in [1.54, 1.807) is 19.1 Å². The summed E-state index contributed by atoms with van der Waals surface area (Å²) in [5, 5.41) is 18.0. The molecule has 0 saturated carbocycles. The molecular formula is C14H16BrN3O3. The van der Waals surface area contributed by atoms with Crippen molar-refractivity contribution in [2.45, 2.75) is 19.9 Å². The van der Waals surface area contributed by atoms with Crippen LogP contribution >= 0.6 is 15.9 Å². The second-order valence-corrected chi connectivity index (χ2v) is 5.55. The number of hydrogen-bond acceptors (Lipinski definition) is 3. The Morgan fingerprint density at radius 1 is 1.48 bits per heavy atom. The fraction of sp³-hybridized carbons (Fsp3) is 0.286. The number of phenols is 1. The van der Waals surface area contributed by atoms with Gasteiger partial charge in [-0.1, -0.05) is 15.9 Å². The summed E-state index contributed by atoms with van der Waals surface area (Å²) in [6.45, 7) is 3.94. The summed E-state index contributed by atoms with van der Waals surface area (Å²) in [6, 6.07) is 3.76. The number of nitrogens with one attached hydrogen (secondary N) is 3. The molecule has 0 saturated heterocycles. The molecular weight excluding hydrogens is 338 g/mol. The van der Waals surface area contributed by atoms with Gasteiger partial charge in [0.2, 0.25) is 0 Å². The van der Waals surface area contributed by atoms with Crippen LogP contribution in [-0.4, -0.2) is 23.6 Å². The number of phenolic OH excluding ortho intramolecular Hbond substituents is 1. The molecule has 1 aliphatic heterocycles. The van der Waals surface area contributed by atoms with E-state index in [1.165, 1.54) is 6.07 Å². The molecule has 21 heavy (non-hydrogen) atoms. The quantitative estimate of drug-likeness (QED) is 0.669. The lowest BCUT2D eigenvalue weighted by atomic mass is 9.94. The lowest BCUT2D eigenvalue weighted by Crippen LogP contribution is -2.47. The van der Waals surface area contributed by atoms with Gasteiger partial charge in [0.15, 0.2) is 0 Å². The van der Waals surface area contributed by atoms with Crippen LogP contribution in [0.3, 0.4) is 0 Å². The van der Waals surface area contributed by atoms with Gasteiger partial charge in [0.05, 0.1) is 11.6 Å². The van der Waals surface area contributed by atoms with E-state index < -0.39 is 12.1 Å². The largest absolute Gasteiger partial charge is 0.508 e. The van der Waals surface area contributed by atoms with Crippen molar-refractivity contribution in [1.29, 1.82) is 0 Å². The van der Waals surface area contributed by atoms with Crippen molar-refractivity contribution < 1.29 is 14.7 Å². The zero-order chi connectivity index (χ0) is 15.6. The van der Waals surface area contributed by atoms with Crippen LogP contribution in [0.4, 0.5) is 4.79 Å². The highest BCUT2D eigenvalue weighted by Gasteiger charge is 2.32. The predicted molar refractivity (Wildman–Crippen MR) is 81.6 cm³/mol. The molecule has 0 aromatic heterocycles. The monoisotopic (exact) mass is 353 g/mol. The van der Waals surface area contributed by atoms with Crippen LogP contribution in [0.15, 0.2) is 33.9 Å². The number of carbonyl (C=O) groups excluding carboxylic acids is 2. The number of urea groups is 1. The van der Waals surface area contributed by atoms with Gasteiger partial charge in [0.1, 0.15) is 5.75 Å². The maximum Gasteiger partial charge on any atom is 0.319 e. The smallest absolute Gasteiger partial charge is 0.319 e. The standard InChI is InChI=1S/C14H16BrN3O3/c1-3-16-13(20)11-7(2)17-14(21)18-12(11)9-6-8(15)4-5-10(9)19/h4-6,12,19H,3H2,1-2H3,(H,16,20)(H2,17,18,21). The molecule has 1 aromatic rings. The first-order chi connectivity index (χ1) is 9.93. The fourth-order valence-corrected chi connectivity index (χ4v) is 2.62. The summed E-state index contributed by atoms with van der Waals surface area (Å²) in [6.07, 6.45) is 0. The first kappa shape index (κ1) is 15.4. The zero-order valence-corrected chi connectivity index (χ0v) is 13.2. The van der Waals surface area contributed by atoms with Crippen LogP contribution in [0, 0.1) is 0 Å². The molecule has 7 heteroatoms. The van der Waals surface area contributed by atoms with E-state index in [0.717, 1.165) is 4.47 Å². The molecule has 0 aliphatic carbocycles. The van der Waals surface area contributed by atoms with Gasteiger partial charge in [-0.15, -0.1) is 0 Å². The minimum Gasteiger partial charge on any atom is -0.508 e. The summed E-state index contributed by atoms with van der Waals surface area (Å²) >= 11 is 3.32. The first-order valence-corrected chi connectivity index (χ1v) is 7.28. The van der Waals surface area contributed by atoms with E-state index in [4.69, 9.17) is 0 Å². The second-order valence-electron chi connectivity index (χ2n) is 4.63. The summed E-state index contributed by atoms with van der Waals surface area (Å²) in [4.78, 5) is 23.9. The summed E-state index contributed by atoms with van der Waals surface area (Å²) < 4.78 is 0.746. The van der Waals surface area contributed by atoms with Gasteiger partial charge in [-0.3, -0.25) is 4.79 Å². The Morgan fingerprint density at radius 3 is 2.86 bits per heavy atom. The molecule has 0 radical (unpaired) electrons. The lowest BCUT2D eigenvalue weighted by Gasteiger charge is -2.29. The van der Waals surface area contributed by atoms with Crippen molar-refractivity contribution >= 4 is 27.9 Å². The van der Waals surface area contributed by atoms with E-state index in [2.05, 4.69) is 31.9 Å². The molecule has 1 aromatic carbocycles. The molecule has 112 valence electrons. The SMILES string of the molecule is CCNC(=O)C1=C(C)NC(=O)NC1c1cc(Br)ccc1O. The highest BCUT2D eigenvalue weighted by molar-refractivity contribution is 9.10. The Kier molecular flexibility index (Phi) is 4.52. The van der Waals surface area contributed by atoms with Crippen LogP contribution in [0.2, 0.25) is 0 Å². The number of benzene rings is 1. The fourth-order valence-electron chi connectivity index (χ4n) is 2.24. The topological polar surface area (TPSA) is 90.5 Å². The van der Waals surface area contributed by atoms with Gasteiger partial charge in [0.25, 0.3) is 5.91 Å². The van der Waals surface area contributed by atoms with Gasteiger partial charge in [-0.2, -0.15) is 0 Å². The van der Waals surface area contributed by atoms with Gasteiger partial charge in [-0.25, -0.2) is 4.79 Å². The zero-order valence-electron chi connectivity index (χ0n) is 11.7. The molecule has 4 N–H and O–H groups in total. The number of rotatable bonds is 3. The molecule has 0 spiro atoms. The van der Waals surface area contributed by atoms with E-state index >= 15 is 0 Å².